The van der Waals surface area contributed by atoms with Gasteiger partial charge >= 0.3 is 0 Å². The lowest BCUT2D eigenvalue weighted by molar-refractivity contribution is -0.126. The Balaban J connectivity index is 1.48. The number of amides is 1. The minimum atomic E-state index is 0.0120. The van der Waals surface area contributed by atoms with E-state index >= 15 is 0 Å². The van der Waals surface area contributed by atoms with Gasteiger partial charge in [-0.3, -0.25) is 10.1 Å². The monoisotopic (exact) mass is 266 g/mol. The number of carbonyl (C=O) groups is 1. The molecule has 5 fully saturated rings. The van der Waals surface area contributed by atoms with Gasteiger partial charge in [0.25, 0.3) is 0 Å². The Hall–Kier alpha value is -0.220. The van der Waals surface area contributed by atoms with Crippen molar-refractivity contribution in [2.24, 2.45) is 17.8 Å². The number of hydrogen-bond acceptors (Lipinski definition) is 3. The maximum atomic E-state index is 12.3. The van der Waals surface area contributed by atoms with Crippen LogP contribution >= 0.6 is 11.8 Å². The van der Waals surface area contributed by atoms with E-state index in [-0.39, 0.29) is 16.8 Å². The van der Waals surface area contributed by atoms with Crippen LogP contribution in [0.3, 0.4) is 0 Å². The number of carbonyl (C=O) groups excluding carboxylic acids is 1. The largest absolute Gasteiger partial charge is 0.349 e. The second-order valence-corrected chi connectivity index (χ2v) is 8.11. The van der Waals surface area contributed by atoms with Crippen LogP contribution in [-0.4, -0.2) is 29.1 Å². The van der Waals surface area contributed by atoms with Crippen LogP contribution in [0.1, 0.15) is 38.5 Å². The topological polar surface area (TPSA) is 41.1 Å². The predicted molar refractivity (Wildman–Crippen MR) is 73.3 cm³/mol. The minimum absolute atomic E-state index is 0.0120. The molecule has 4 bridgehead atoms. The zero-order chi connectivity index (χ0) is 12.2. The van der Waals surface area contributed by atoms with Crippen molar-refractivity contribution in [3.05, 3.63) is 0 Å². The van der Waals surface area contributed by atoms with Crippen molar-refractivity contribution >= 4 is 17.7 Å². The number of rotatable bonds is 2. The molecule has 0 spiro atoms. The average molecular weight is 266 g/mol. The smallest absolute Gasteiger partial charge is 0.247 e. The maximum Gasteiger partial charge on any atom is 0.247 e. The summed E-state index contributed by atoms with van der Waals surface area (Å²) < 4.78 is 0. The highest BCUT2D eigenvalue weighted by molar-refractivity contribution is 8.00. The molecule has 5 rings (SSSR count). The van der Waals surface area contributed by atoms with Crippen molar-refractivity contribution in [3.63, 3.8) is 0 Å². The summed E-state index contributed by atoms with van der Waals surface area (Å²) >= 11 is 1.76. The van der Waals surface area contributed by atoms with Gasteiger partial charge in [0.2, 0.25) is 5.91 Å². The average Bonchev–Trinajstić information content (AvgIpc) is 2.79. The fraction of sp³-hybridized carbons (Fsp3) is 0.929. The van der Waals surface area contributed by atoms with Crippen molar-refractivity contribution in [1.29, 1.82) is 0 Å². The summed E-state index contributed by atoms with van der Waals surface area (Å²) in [5, 5.41) is 6.75. The van der Waals surface area contributed by atoms with Gasteiger partial charge in [-0.05, 0) is 56.3 Å². The van der Waals surface area contributed by atoms with E-state index in [1.54, 1.807) is 11.8 Å². The van der Waals surface area contributed by atoms with E-state index in [1.807, 2.05) is 0 Å². The van der Waals surface area contributed by atoms with Crippen LogP contribution in [-0.2, 0) is 4.79 Å². The molecule has 1 aliphatic heterocycles. The summed E-state index contributed by atoms with van der Waals surface area (Å²) in [4.78, 5) is 12.3. The van der Waals surface area contributed by atoms with Crippen LogP contribution in [0.25, 0.3) is 0 Å². The molecular formula is C14H22N2OS. The summed E-state index contributed by atoms with van der Waals surface area (Å²) in [6, 6.07) is 0. The van der Waals surface area contributed by atoms with Crippen LogP contribution in [0.2, 0.25) is 0 Å². The molecular weight excluding hydrogens is 244 g/mol. The highest BCUT2D eigenvalue weighted by Crippen LogP contribution is 2.55. The Morgan fingerprint density at radius 3 is 2.22 bits per heavy atom. The van der Waals surface area contributed by atoms with E-state index in [2.05, 4.69) is 10.6 Å². The Labute approximate surface area is 113 Å². The van der Waals surface area contributed by atoms with E-state index in [4.69, 9.17) is 0 Å². The highest BCUT2D eigenvalue weighted by Gasteiger charge is 2.51. The SMILES string of the molecule is O=C(NC12CC3CC(CC(C3)C1)C2)C1NCCS1. The fourth-order valence-electron chi connectivity index (χ4n) is 5.18. The van der Waals surface area contributed by atoms with Gasteiger partial charge in [-0.15, -0.1) is 11.8 Å². The quantitative estimate of drug-likeness (QED) is 0.800. The lowest BCUT2D eigenvalue weighted by Gasteiger charge is -2.57. The Kier molecular flexibility index (Phi) is 2.66. The fourth-order valence-corrected chi connectivity index (χ4v) is 6.10. The van der Waals surface area contributed by atoms with Crippen LogP contribution in [0, 0.1) is 17.8 Å². The first-order valence-electron chi connectivity index (χ1n) is 7.39. The molecule has 4 aliphatic carbocycles. The molecule has 2 N–H and O–H groups in total. The molecule has 0 radical (unpaired) electrons. The molecule has 0 aromatic heterocycles. The Bertz CT molecular complexity index is 330. The van der Waals surface area contributed by atoms with E-state index in [1.165, 1.54) is 38.5 Å². The van der Waals surface area contributed by atoms with Gasteiger partial charge in [0.15, 0.2) is 0 Å². The summed E-state index contributed by atoms with van der Waals surface area (Å²) in [6.07, 6.45) is 8.06. The summed E-state index contributed by atoms with van der Waals surface area (Å²) in [5.74, 6) is 4.03. The van der Waals surface area contributed by atoms with Gasteiger partial charge in [-0.25, -0.2) is 0 Å². The van der Waals surface area contributed by atoms with Gasteiger partial charge in [-0.1, -0.05) is 0 Å². The number of hydrogen-bond donors (Lipinski definition) is 2. The molecule has 5 aliphatic rings. The third-order valence-corrected chi connectivity index (χ3v) is 6.53. The molecule has 0 aromatic carbocycles. The highest BCUT2D eigenvalue weighted by atomic mass is 32.2. The Morgan fingerprint density at radius 2 is 1.72 bits per heavy atom. The van der Waals surface area contributed by atoms with Crippen LogP contribution in [0.5, 0.6) is 0 Å². The second-order valence-electron chi connectivity index (χ2n) is 6.89. The first-order chi connectivity index (χ1) is 8.72. The first kappa shape index (κ1) is 11.6. The van der Waals surface area contributed by atoms with Crippen molar-refractivity contribution < 1.29 is 4.79 Å². The van der Waals surface area contributed by atoms with Crippen LogP contribution in [0.4, 0.5) is 0 Å². The van der Waals surface area contributed by atoms with Gasteiger partial charge in [0.1, 0.15) is 5.37 Å². The molecule has 1 atom stereocenters. The third kappa shape index (κ3) is 1.88. The van der Waals surface area contributed by atoms with Crippen LogP contribution in [0.15, 0.2) is 0 Å². The van der Waals surface area contributed by atoms with E-state index in [0.29, 0.717) is 0 Å². The molecule has 4 heteroatoms. The number of nitrogens with one attached hydrogen (secondary N) is 2. The summed E-state index contributed by atoms with van der Waals surface area (Å²) in [5.41, 5.74) is 0.177. The normalized spacial score (nSPS) is 49.6. The molecule has 3 nitrogen and oxygen atoms in total. The van der Waals surface area contributed by atoms with Gasteiger partial charge < -0.3 is 5.32 Å². The molecule has 100 valence electrons. The molecule has 1 heterocycles. The van der Waals surface area contributed by atoms with Gasteiger partial charge in [0, 0.05) is 17.8 Å². The summed E-state index contributed by atoms with van der Waals surface area (Å²) in [7, 11) is 0. The molecule has 1 amide bonds. The minimum Gasteiger partial charge on any atom is -0.349 e. The molecule has 4 saturated carbocycles. The van der Waals surface area contributed by atoms with Crippen molar-refractivity contribution in [2.45, 2.75) is 49.4 Å². The molecule has 1 unspecified atom stereocenters. The third-order valence-electron chi connectivity index (χ3n) is 5.38. The lowest BCUT2D eigenvalue weighted by Crippen LogP contribution is -2.61. The molecule has 1 saturated heterocycles. The number of thioether (sulfide) groups is 1. The van der Waals surface area contributed by atoms with Gasteiger partial charge in [0.05, 0.1) is 0 Å². The van der Waals surface area contributed by atoms with Gasteiger partial charge in [-0.2, -0.15) is 0 Å². The molecule has 18 heavy (non-hydrogen) atoms. The predicted octanol–water partition coefficient (Wildman–Crippen LogP) is 1.73. The Morgan fingerprint density at radius 1 is 1.11 bits per heavy atom. The van der Waals surface area contributed by atoms with Crippen molar-refractivity contribution in [3.8, 4) is 0 Å². The summed E-state index contributed by atoms with van der Waals surface area (Å²) in [6.45, 7) is 0.976. The van der Waals surface area contributed by atoms with Crippen molar-refractivity contribution in [1.82, 2.24) is 10.6 Å². The van der Waals surface area contributed by atoms with E-state index in [0.717, 1.165) is 30.1 Å². The lowest BCUT2D eigenvalue weighted by atomic mass is 9.53. The second kappa shape index (κ2) is 4.14. The zero-order valence-corrected chi connectivity index (χ0v) is 11.6. The standard InChI is InChI=1S/C14H22N2OS/c17-12(13-15-1-2-18-13)16-14-6-9-3-10(7-14)5-11(4-9)8-14/h9-11,13,15H,1-8H2,(H,16,17). The maximum absolute atomic E-state index is 12.3. The van der Waals surface area contributed by atoms with Crippen LogP contribution < -0.4 is 10.6 Å². The zero-order valence-electron chi connectivity index (χ0n) is 10.8. The van der Waals surface area contributed by atoms with E-state index in [9.17, 15) is 4.79 Å². The van der Waals surface area contributed by atoms with E-state index < -0.39 is 0 Å². The first-order valence-corrected chi connectivity index (χ1v) is 8.44. The van der Waals surface area contributed by atoms with Crippen molar-refractivity contribution in [2.75, 3.05) is 12.3 Å². The molecule has 0 aromatic rings.